The normalized spacial score (nSPS) is 17.0. The summed E-state index contributed by atoms with van der Waals surface area (Å²) < 4.78 is 47.9. The van der Waals surface area contributed by atoms with Crippen LogP contribution in [0.25, 0.3) is 0 Å². The molecule has 0 radical (unpaired) electrons. The number of unbranched alkanes of at least 4 members (excludes halogenated alkanes) is 1. The number of hydrogen-bond acceptors (Lipinski definition) is 12. The Labute approximate surface area is 477 Å². The number of anilines is 3. The summed E-state index contributed by atoms with van der Waals surface area (Å²) in [5.41, 5.74) is 10.4. The van der Waals surface area contributed by atoms with Gasteiger partial charge >= 0.3 is 0 Å². The van der Waals surface area contributed by atoms with E-state index >= 15 is 0 Å². The molecule has 0 saturated carbocycles. The number of benzene rings is 5. The zero-order chi connectivity index (χ0) is 58.7. The molecule has 16 nitrogen and oxygen atoms in total. The molecular formula is C64H78N4O12S. The lowest BCUT2D eigenvalue weighted by Gasteiger charge is -2.28. The Morgan fingerprint density at radius 3 is 2.01 bits per heavy atom. The van der Waals surface area contributed by atoms with E-state index in [1.165, 1.54) is 19.6 Å². The molecular weight excluding hydrogens is 1050 g/mol. The van der Waals surface area contributed by atoms with Gasteiger partial charge in [0.1, 0.15) is 23.4 Å². The summed E-state index contributed by atoms with van der Waals surface area (Å²) >= 11 is 0. The Hall–Kier alpha value is -7.37. The van der Waals surface area contributed by atoms with Gasteiger partial charge in [-0.1, -0.05) is 63.2 Å². The number of hydrogen-bond donors (Lipinski definition) is 2. The van der Waals surface area contributed by atoms with E-state index in [9.17, 15) is 37.2 Å². The molecule has 81 heavy (non-hydrogen) atoms. The first-order valence-electron chi connectivity index (χ1n) is 28.1. The molecule has 17 heteroatoms. The lowest BCUT2D eigenvalue weighted by Crippen LogP contribution is -2.47. The van der Waals surface area contributed by atoms with Crippen LogP contribution < -0.4 is 34.6 Å². The molecule has 4 aliphatic heterocycles. The average Bonchev–Trinajstić information content (AvgIpc) is 4.18. The number of rotatable bonds is 19. The highest BCUT2D eigenvalue weighted by molar-refractivity contribution is 7.87. The highest BCUT2D eigenvalue weighted by Crippen LogP contribution is 2.43. The van der Waals surface area contributed by atoms with Gasteiger partial charge in [0.2, 0.25) is 11.8 Å². The summed E-state index contributed by atoms with van der Waals surface area (Å²) in [6.45, 7) is 15.6. The highest BCUT2D eigenvalue weighted by atomic mass is 32.2. The number of nitrogens with zero attached hydrogens (tertiary/aromatic N) is 2. The number of Topliss-reactive ketones (excluding diaryl/α,β-unsaturated/α-hetero) is 2. The molecule has 4 atom stereocenters. The van der Waals surface area contributed by atoms with Crippen LogP contribution in [0.15, 0.2) is 91.0 Å². The number of para-hydroxylation sites is 2. The van der Waals surface area contributed by atoms with Crippen molar-refractivity contribution >= 4 is 62.4 Å². The standard InChI is InChI=1S/C28H28N2O4.C21H23NO5S.C15H27NO3/c1-17-10-19(12-22(11-17)29-18(2)31)16-34-27-14-20-8-9-23-13-21-6-4-5-7-25(21)30(23)28(32)24(20)15-26(27)33-3;1-4-27-19-11-15-12-20(28(24,25)26-3)18-10-14-7-5-6-8-17(14)22(18)21(23)16(15)9-13(19)2;1-5-13(17)8-6-7-9-15(19)16-12(4)14(18)10-11(2)3/h4-7,10-12,14-15,23H,8-9,13,16H2,1-3H3,(H,29,31);5-9,11,18,20H,4,10,12H2,1-3H3;11-12H,5-10H2,1-4H3,(H,16,19)/t23-;18-,20?;12-/m100/s1. The van der Waals surface area contributed by atoms with Crippen LogP contribution in [0.5, 0.6) is 17.2 Å². The number of carbonyl (C=O) groups excluding carboxylic acids is 6. The molecule has 0 aromatic heterocycles. The van der Waals surface area contributed by atoms with Crippen molar-refractivity contribution < 1.29 is 55.6 Å². The molecule has 432 valence electrons. The van der Waals surface area contributed by atoms with Crippen LogP contribution in [0, 0.1) is 19.8 Å². The molecule has 5 aromatic carbocycles. The maximum atomic E-state index is 13.6. The van der Waals surface area contributed by atoms with E-state index in [-0.39, 0.29) is 47.7 Å². The number of aryl methyl sites for hydroxylation is 3. The van der Waals surface area contributed by atoms with Crippen LogP contribution >= 0.6 is 0 Å². The van der Waals surface area contributed by atoms with E-state index in [0.29, 0.717) is 91.6 Å². The Morgan fingerprint density at radius 2 is 1.36 bits per heavy atom. The quantitative estimate of drug-likeness (QED) is 0.0586. The van der Waals surface area contributed by atoms with E-state index in [4.69, 9.17) is 18.4 Å². The van der Waals surface area contributed by atoms with Crippen molar-refractivity contribution in [1.82, 2.24) is 5.32 Å². The maximum Gasteiger partial charge on any atom is 0.272 e. The molecule has 1 unspecified atom stereocenters. The second-order valence-corrected chi connectivity index (χ2v) is 23.6. The molecule has 0 saturated heterocycles. The number of ketones is 2. The van der Waals surface area contributed by atoms with Gasteiger partial charge in [0.25, 0.3) is 21.9 Å². The third-order valence-corrected chi connectivity index (χ3v) is 16.8. The number of ether oxygens (including phenoxy) is 3. The average molecular weight is 1130 g/mol. The number of fused-ring (bicyclic) bond motifs is 8. The van der Waals surface area contributed by atoms with E-state index in [0.717, 1.165) is 70.6 Å². The van der Waals surface area contributed by atoms with Gasteiger partial charge in [-0.05, 0) is 166 Å². The van der Waals surface area contributed by atoms with Gasteiger partial charge in [-0.2, -0.15) is 8.42 Å². The summed E-state index contributed by atoms with van der Waals surface area (Å²) in [6.07, 6.45) is 6.71. The lowest BCUT2D eigenvalue weighted by atomic mass is 9.97. The fraction of sp³-hybridized carbons (Fsp3) is 0.438. The Balaban J connectivity index is 0.000000183. The van der Waals surface area contributed by atoms with Crippen LogP contribution in [0.3, 0.4) is 0 Å². The van der Waals surface area contributed by atoms with Crippen LogP contribution in [0.4, 0.5) is 17.1 Å². The predicted molar refractivity (Wildman–Crippen MR) is 314 cm³/mol. The first kappa shape index (κ1) is 61.3. The summed E-state index contributed by atoms with van der Waals surface area (Å²) in [6, 6.07) is 28.2. The smallest absolute Gasteiger partial charge is 0.272 e. The van der Waals surface area contributed by atoms with Crippen LogP contribution in [-0.2, 0) is 65.8 Å². The Morgan fingerprint density at radius 1 is 0.716 bits per heavy atom. The largest absolute Gasteiger partial charge is 0.494 e. The van der Waals surface area contributed by atoms with Crippen LogP contribution in [-0.4, -0.2) is 87.8 Å². The topological polar surface area (TPSA) is 204 Å². The first-order chi connectivity index (χ1) is 38.7. The van der Waals surface area contributed by atoms with Crippen molar-refractivity contribution in [3.05, 3.63) is 141 Å². The van der Waals surface area contributed by atoms with Crippen LogP contribution in [0.1, 0.15) is 146 Å². The highest BCUT2D eigenvalue weighted by Gasteiger charge is 2.48. The van der Waals surface area contributed by atoms with Crippen molar-refractivity contribution in [2.45, 2.75) is 156 Å². The minimum absolute atomic E-state index is 0.0194. The van der Waals surface area contributed by atoms with Crippen molar-refractivity contribution in [3.8, 4) is 17.2 Å². The number of carbonyl (C=O) groups is 6. The monoisotopic (exact) mass is 1130 g/mol. The van der Waals surface area contributed by atoms with E-state index in [1.807, 2.05) is 125 Å². The van der Waals surface area contributed by atoms with E-state index in [1.54, 1.807) is 25.0 Å². The molecule has 5 aromatic rings. The van der Waals surface area contributed by atoms with Gasteiger partial charge in [-0.15, -0.1) is 0 Å². The summed E-state index contributed by atoms with van der Waals surface area (Å²) in [5.74, 6) is 2.07. The molecule has 2 N–H and O–H groups in total. The van der Waals surface area contributed by atoms with Gasteiger partial charge in [0.05, 0.1) is 32.9 Å². The molecule has 0 bridgehead atoms. The maximum absolute atomic E-state index is 13.6. The SMILES string of the molecule is CCC(=O)CCCCC(=O)N[C@@H](C)C(=O)CC(C)C.CCOc1cc2c(cc1C)C(=O)N1c3ccccc3C[C@H]1C(S(=O)(=O)OC)C2.COc1cc2c(cc1OCc1cc(C)cc(NC(C)=O)c1)CC[C@@H]1Cc3ccccc3N1C2=O. The Bertz CT molecular complexity index is 3260. The van der Waals surface area contributed by atoms with Crippen LogP contribution in [0.2, 0.25) is 0 Å². The zero-order valence-electron chi connectivity index (χ0n) is 48.4. The Kier molecular flexibility index (Phi) is 20.7. The second kappa shape index (κ2) is 27.4. The number of nitrogens with one attached hydrogen (secondary N) is 2. The molecule has 0 fully saturated rings. The van der Waals surface area contributed by atoms with Gasteiger partial charge < -0.3 is 34.6 Å². The van der Waals surface area contributed by atoms with Gasteiger partial charge in [-0.3, -0.25) is 33.0 Å². The van der Waals surface area contributed by atoms with Crippen molar-refractivity contribution in [1.29, 1.82) is 0 Å². The summed E-state index contributed by atoms with van der Waals surface area (Å²) in [5, 5.41) is 4.68. The van der Waals surface area contributed by atoms with Crippen molar-refractivity contribution in [2.24, 2.45) is 5.92 Å². The fourth-order valence-electron chi connectivity index (χ4n) is 11.1. The van der Waals surface area contributed by atoms with Gasteiger partial charge in [0.15, 0.2) is 17.3 Å². The molecule has 4 aliphatic rings. The van der Waals surface area contributed by atoms with Gasteiger partial charge in [0, 0.05) is 66.8 Å². The molecule has 0 spiro atoms. The molecule has 9 rings (SSSR count). The number of amides is 4. The first-order valence-corrected chi connectivity index (χ1v) is 29.6. The third kappa shape index (κ3) is 15.0. The minimum atomic E-state index is -3.85. The summed E-state index contributed by atoms with van der Waals surface area (Å²) in [7, 11) is -1.09. The molecule has 0 aliphatic carbocycles. The molecule has 4 heterocycles. The zero-order valence-corrected chi connectivity index (χ0v) is 49.3. The van der Waals surface area contributed by atoms with E-state index in [2.05, 4.69) is 16.7 Å². The van der Waals surface area contributed by atoms with Crippen molar-refractivity contribution in [3.63, 3.8) is 0 Å². The fourth-order valence-corrected chi connectivity index (χ4v) is 12.4. The lowest BCUT2D eigenvalue weighted by molar-refractivity contribution is -0.127. The van der Waals surface area contributed by atoms with E-state index < -0.39 is 27.5 Å². The minimum Gasteiger partial charge on any atom is -0.494 e. The predicted octanol–water partition coefficient (Wildman–Crippen LogP) is 10.6. The summed E-state index contributed by atoms with van der Waals surface area (Å²) in [4.78, 5) is 76.5. The number of methoxy groups -OCH3 is 1. The van der Waals surface area contributed by atoms with Crippen molar-refractivity contribution in [2.75, 3.05) is 35.9 Å². The molecule has 4 amide bonds. The van der Waals surface area contributed by atoms with Gasteiger partial charge in [-0.25, -0.2) is 0 Å². The second-order valence-electron chi connectivity index (χ2n) is 21.7. The third-order valence-electron chi connectivity index (χ3n) is 15.1.